The lowest BCUT2D eigenvalue weighted by Crippen LogP contribution is -2.41. The second kappa shape index (κ2) is 9.80. The molecule has 19 heavy (non-hydrogen) atoms. The second-order valence-corrected chi connectivity index (χ2v) is 5.80. The molecule has 114 valence electrons. The monoisotopic (exact) mass is 383 g/mol. The smallest absolute Gasteiger partial charge is 0.191 e. The maximum Gasteiger partial charge on any atom is 0.191 e. The van der Waals surface area contributed by atoms with Crippen LogP contribution in [-0.2, 0) is 0 Å². The molecule has 0 spiro atoms. The summed E-state index contributed by atoms with van der Waals surface area (Å²) in [6.45, 7) is 9.10. The van der Waals surface area contributed by atoms with Gasteiger partial charge in [0.05, 0.1) is 6.61 Å². The minimum absolute atomic E-state index is 0. The number of halogens is 1. The zero-order valence-electron chi connectivity index (χ0n) is 12.5. The van der Waals surface area contributed by atoms with Crippen LogP contribution in [0.5, 0.6) is 0 Å². The summed E-state index contributed by atoms with van der Waals surface area (Å²) in [5.74, 6) is 1.58. The molecule has 0 unspecified atom stereocenters. The number of aliphatic hydroxyl groups is 1. The van der Waals surface area contributed by atoms with E-state index in [1.165, 1.54) is 25.7 Å². The fraction of sp³-hybridized carbons (Fsp3) is 0.929. The highest BCUT2D eigenvalue weighted by molar-refractivity contribution is 14.0. The summed E-state index contributed by atoms with van der Waals surface area (Å²) < 4.78 is 0. The Morgan fingerprint density at radius 3 is 2.42 bits per heavy atom. The highest BCUT2D eigenvalue weighted by Crippen LogP contribution is 2.46. The number of hydrogen-bond acceptors (Lipinski definition) is 2. The van der Waals surface area contributed by atoms with E-state index >= 15 is 0 Å². The first-order valence-corrected chi connectivity index (χ1v) is 7.25. The van der Waals surface area contributed by atoms with Crippen molar-refractivity contribution in [2.24, 2.45) is 16.3 Å². The van der Waals surface area contributed by atoms with Gasteiger partial charge in [-0.3, -0.25) is 4.99 Å². The van der Waals surface area contributed by atoms with Crippen molar-refractivity contribution in [1.82, 2.24) is 10.6 Å². The lowest BCUT2D eigenvalue weighted by molar-refractivity contribution is 0.111. The first-order valence-electron chi connectivity index (χ1n) is 7.25. The average Bonchev–Trinajstić information content (AvgIpc) is 2.28. The Hall–Kier alpha value is -0.0400. The minimum atomic E-state index is 0. The number of aliphatic hydroxyl groups excluding tert-OH is 1. The van der Waals surface area contributed by atoms with E-state index in [4.69, 9.17) is 5.11 Å². The summed E-state index contributed by atoms with van der Waals surface area (Å²) >= 11 is 0. The van der Waals surface area contributed by atoms with Crippen LogP contribution < -0.4 is 10.6 Å². The minimum Gasteiger partial charge on any atom is -0.395 e. The van der Waals surface area contributed by atoms with Crippen molar-refractivity contribution in [2.75, 3.05) is 26.2 Å². The summed E-state index contributed by atoms with van der Waals surface area (Å²) in [5.41, 5.74) is 0.440. The average molecular weight is 383 g/mol. The predicted octanol–water partition coefficient (Wildman–Crippen LogP) is 2.37. The van der Waals surface area contributed by atoms with Gasteiger partial charge >= 0.3 is 0 Å². The van der Waals surface area contributed by atoms with Crippen LogP contribution in [-0.4, -0.2) is 37.3 Å². The van der Waals surface area contributed by atoms with Gasteiger partial charge in [-0.05, 0) is 37.5 Å². The highest BCUT2D eigenvalue weighted by Gasteiger charge is 2.37. The van der Waals surface area contributed by atoms with Gasteiger partial charge in [0.1, 0.15) is 0 Å². The third-order valence-electron chi connectivity index (χ3n) is 3.58. The number of guanidine groups is 1. The van der Waals surface area contributed by atoms with Crippen LogP contribution in [0.3, 0.4) is 0 Å². The Kier molecular flexibility index (Phi) is 9.78. The van der Waals surface area contributed by atoms with E-state index in [1.807, 2.05) is 0 Å². The molecular formula is C14H30IN3O. The van der Waals surface area contributed by atoms with Crippen LogP contribution in [0, 0.1) is 11.3 Å². The number of hydrogen-bond donors (Lipinski definition) is 3. The summed E-state index contributed by atoms with van der Waals surface area (Å²) in [4.78, 5) is 4.68. The largest absolute Gasteiger partial charge is 0.395 e. The molecule has 0 aromatic rings. The standard InChI is InChI=1S/C14H29N3O.HI/c1-4-15-13(16-8-9-18)17-11-14(6-5-7-14)10-12(2)3;/h12,18H,4-11H2,1-3H3,(H2,15,16,17);1H. The van der Waals surface area contributed by atoms with Crippen LogP contribution in [0.2, 0.25) is 0 Å². The Morgan fingerprint density at radius 2 is 2.00 bits per heavy atom. The van der Waals surface area contributed by atoms with Gasteiger partial charge < -0.3 is 15.7 Å². The predicted molar refractivity (Wildman–Crippen MR) is 92.2 cm³/mol. The summed E-state index contributed by atoms with van der Waals surface area (Å²) in [6, 6.07) is 0. The Balaban J connectivity index is 0.00000324. The van der Waals surface area contributed by atoms with Crippen LogP contribution >= 0.6 is 24.0 Å². The Bertz CT molecular complexity index is 265. The van der Waals surface area contributed by atoms with Gasteiger partial charge in [-0.25, -0.2) is 0 Å². The van der Waals surface area contributed by atoms with Crippen LogP contribution in [0.1, 0.15) is 46.5 Å². The molecule has 0 saturated heterocycles. The molecule has 0 aromatic heterocycles. The molecule has 1 aliphatic carbocycles. The van der Waals surface area contributed by atoms with Gasteiger partial charge in [0.25, 0.3) is 0 Å². The third-order valence-corrected chi connectivity index (χ3v) is 3.58. The number of aliphatic imine (C=N–C) groups is 1. The molecule has 1 rings (SSSR count). The quantitative estimate of drug-likeness (QED) is 0.360. The molecule has 0 aliphatic heterocycles. The molecule has 1 aliphatic rings. The molecule has 0 bridgehead atoms. The van der Waals surface area contributed by atoms with Crippen molar-refractivity contribution < 1.29 is 5.11 Å². The molecule has 0 atom stereocenters. The molecule has 0 amide bonds. The lowest BCUT2D eigenvalue weighted by Gasteiger charge is -2.42. The molecule has 1 fully saturated rings. The zero-order valence-corrected chi connectivity index (χ0v) is 14.9. The van der Waals surface area contributed by atoms with E-state index in [9.17, 15) is 0 Å². The van der Waals surface area contributed by atoms with E-state index in [-0.39, 0.29) is 30.6 Å². The van der Waals surface area contributed by atoms with E-state index < -0.39 is 0 Å². The number of rotatable bonds is 7. The number of nitrogens with zero attached hydrogens (tertiary/aromatic N) is 1. The van der Waals surface area contributed by atoms with Gasteiger partial charge in [-0.2, -0.15) is 0 Å². The molecule has 1 saturated carbocycles. The first-order chi connectivity index (χ1) is 8.62. The molecule has 5 heteroatoms. The van der Waals surface area contributed by atoms with Crippen molar-refractivity contribution in [3.05, 3.63) is 0 Å². The van der Waals surface area contributed by atoms with Crippen molar-refractivity contribution in [2.45, 2.75) is 46.5 Å². The third kappa shape index (κ3) is 6.79. The summed E-state index contributed by atoms with van der Waals surface area (Å²) in [7, 11) is 0. The van der Waals surface area contributed by atoms with Gasteiger partial charge in [-0.1, -0.05) is 20.3 Å². The van der Waals surface area contributed by atoms with Crippen molar-refractivity contribution in [3.8, 4) is 0 Å². The topological polar surface area (TPSA) is 56.7 Å². The van der Waals surface area contributed by atoms with E-state index in [0.29, 0.717) is 12.0 Å². The summed E-state index contributed by atoms with van der Waals surface area (Å²) in [5, 5.41) is 15.2. The number of nitrogens with one attached hydrogen (secondary N) is 2. The Labute approximate surface area is 134 Å². The van der Waals surface area contributed by atoms with Gasteiger partial charge in [0.15, 0.2) is 5.96 Å². The van der Waals surface area contributed by atoms with Crippen molar-refractivity contribution in [3.63, 3.8) is 0 Å². The molecule has 0 radical (unpaired) electrons. The Morgan fingerprint density at radius 1 is 1.32 bits per heavy atom. The fourth-order valence-corrected chi connectivity index (χ4v) is 2.73. The highest BCUT2D eigenvalue weighted by atomic mass is 127. The summed E-state index contributed by atoms with van der Waals surface area (Å²) in [6.07, 6.45) is 5.25. The molecule has 3 N–H and O–H groups in total. The van der Waals surface area contributed by atoms with Crippen LogP contribution in [0.15, 0.2) is 4.99 Å². The van der Waals surface area contributed by atoms with Crippen molar-refractivity contribution >= 4 is 29.9 Å². The van der Waals surface area contributed by atoms with E-state index in [2.05, 4.69) is 36.4 Å². The fourth-order valence-electron chi connectivity index (χ4n) is 2.73. The van der Waals surface area contributed by atoms with Crippen LogP contribution in [0.4, 0.5) is 0 Å². The van der Waals surface area contributed by atoms with E-state index in [1.54, 1.807) is 0 Å². The maximum absolute atomic E-state index is 8.84. The van der Waals surface area contributed by atoms with Gasteiger partial charge in [0, 0.05) is 19.6 Å². The second-order valence-electron chi connectivity index (χ2n) is 5.80. The molecule has 0 aromatic carbocycles. The SMILES string of the molecule is CCNC(=NCC1(CC(C)C)CCC1)NCCO.I. The zero-order chi connectivity index (χ0) is 13.4. The van der Waals surface area contributed by atoms with Gasteiger partial charge in [-0.15, -0.1) is 24.0 Å². The van der Waals surface area contributed by atoms with E-state index in [0.717, 1.165) is 25.0 Å². The molecular weight excluding hydrogens is 353 g/mol. The van der Waals surface area contributed by atoms with Crippen LogP contribution in [0.25, 0.3) is 0 Å². The maximum atomic E-state index is 8.84. The first kappa shape index (κ1) is 19.0. The lowest BCUT2D eigenvalue weighted by atomic mass is 9.64. The van der Waals surface area contributed by atoms with Crippen molar-refractivity contribution in [1.29, 1.82) is 0 Å². The van der Waals surface area contributed by atoms with Gasteiger partial charge in [0.2, 0.25) is 0 Å². The normalized spacial score (nSPS) is 17.6. The molecule has 0 heterocycles. The molecule has 4 nitrogen and oxygen atoms in total.